The van der Waals surface area contributed by atoms with E-state index >= 15 is 0 Å². The summed E-state index contributed by atoms with van der Waals surface area (Å²) in [5.41, 5.74) is 0.286. The van der Waals surface area contributed by atoms with Crippen LogP contribution in [0.3, 0.4) is 0 Å². The lowest BCUT2D eigenvalue weighted by Crippen LogP contribution is -2.61. The topological polar surface area (TPSA) is 158 Å². The third-order valence-electron chi connectivity index (χ3n) is 5.56. The molecule has 6 N–H and O–H groups in total. The largest absolute Gasteiger partial charge is 0.388 e. The smallest absolute Gasteiger partial charge is 0.187 e. The Labute approximate surface area is 182 Å². The molecule has 0 spiro atoms. The molecule has 180 valence electrons. The Morgan fingerprint density at radius 3 is 2.26 bits per heavy atom. The van der Waals surface area contributed by atoms with E-state index < -0.39 is 60.9 Å². The van der Waals surface area contributed by atoms with E-state index in [9.17, 15) is 30.6 Å². The Bertz CT molecular complexity index is 609. The Balaban J connectivity index is 2.01. The van der Waals surface area contributed by atoms with Crippen molar-refractivity contribution in [1.29, 1.82) is 0 Å². The molecule has 2 rings (SSSR count). The molecule has 0 radical (unpaired) electrons. The van der Waals surface area contributed by atoms with Crippen LogP contribution in [-0.2, 0) is 18.9 Å². The zero-order chi connectivity index (χ0) is 23.3. The number of aliphatic hydroxyl groups is 6. The second kappa shape index (κ2) is 11.3. The predicted octanol–water partition coefficient (Wildman–Crippen LogP) is -1.04. The highest BCUT2D eigenvalue weighted by atomic mass is 16.7. The highest BCUT2D eigenvalue weighted by molar-refractivity contribution is 5.00. The quantitative estimate of drug-likeness (QED) is 0.241. The van der Waals surface area contributed by atoms with Gasteiger partial charge in [0.05, 0.1) is 18.8 Å². The number of rotatable bonds is 9. The number of allylic oxidation sites excluding steroid dienone is 2. The maximum absolute atomic E-state index is 10.3. The molecule has 2 heterocycles. The lowest BCUT2D eigenvalue weighted by Gasteiger charge is -2.43. The molecule has 10 heteroatoms. The van der Waals surface area contributed by atoms with Gasteiger partial charge in [-0.3, -0.25) is 0 Å². The fraction of sp³-hybridized carbons (Fsp3) is 0.810. The van der Waals surface area contributed by atoms with E-state index in [1.165, 1.54) is 0 Å². The lowest BCUT2D eigenvalue weighted by molar-refractivity contribution is -0.333. The molecule has 0 aromatic rings. The van der Waals surface area contributed by atoms with Crippen molar-refractivity contribution < 1.29 is 49.6 Å². The zero-order valence-corrected chi connectivity index (χ0v) is 18.2. The molecule has 2 fully saturated rings. The Hall–Kier alpha value is -0.920. The Morgan fingerprint density at radius 2 is 1.65 bits per heavy atom. The summed E-state index contributed by atoms with van der Waals surface area (Å²) in [5, 5.41) is 60.1. The molecule has 0 aromatic heterocycles. The normalized spacial score (nSPS) is 40.7. The van der Waals surface area contributed by atoms with Gasteiger partial charge in [0, 0.05) is 0 Å². The SMILES string of the molecule is C=C[C@](C)(CCC=C(C)C)O[C@@H]1O[C@@H](CO[C@H]2OC[C@@H](O)[C@H](O)[C@H]2O)[C@@H](O)[C@H](O)[C@H]1O. The summed E-state index contributed by atoms with van der Waals surface area (Å²) in [6.45, 7) is 8.94. The first-order chi connectivity index (χ1) is 14.5. The van der Waals surface area contributed by atoms with Gasteiger partial charge in [0.2, 0.25) is 0 Å². The van der Waals surface area contributed by atoms with Crippen molar-refractivity contribution in [2.75, 3.05) is 13.2 Å². The van der Waals surface area contributed by atoms with Crippen LogP contribution in [-0.4, -0.2) is 105 Å². The first-order valence-electron chi connectivity index (χ1n) is 10.4. The zero-order valence-electron chi connectivity index (χ0n) is 18.2. The van der Waals surface area contributed by atoms with Gasteiger partial charge in [-0.15, -0.1) is 6.58 Å². The predicted molar refractivity (Wildman–Crippen MR) is 109 cm³/mol. The molecular weight excluding hydrogens is 412 g/mol. The van der Waals surface area contributed by atoms with Crippen LogP contribution in [0.5, 0.6) is 0 Å². The minimum atomic E-state index is -1.57. The number of aliphatic hydroxyl groups excluding tert-OH is 6. The fourth-order valence-corrected chi connectivity index (χ4v) is 3.39. The fourth-order valence-electron chi connectivity index (χ4n) is 3.39. The third-order valence-corrected chi connectivity index (χ3v) is 5.56. The molecule has 2 aliphatic rings. The van der Waals surface area contributed by atoms with Crippen LogP contribution in [0.4, 0.5) is 0 Å². The van der Waals surface area contributed by atoms with Crippen molar-refractivity contribution in [3.8, 4) is 0 Å². The van der Waals surface area contributed by atoms with E-state index in [2.05, 4.69) is 6.58 Å². The van der Waals surface area contributed by atoms with E-state index in [0.717, 1.165) is 5.57 Å². The molecule has 0 saturated carbocycles. The van der Waals surface area contributed by atoms with Crippen molar-refractivity contribution in [2.45, 2.75) is 94.5 Å². The highest BCUT2D eigenvalue weighted by Gasteiger charge is 2.47. The van der Waals surface area contributed by atoms with Gasteiger partial charge in [0.1, 0.15) is 42.7 Å². The summed E-state index contributed by atoms with van der Waals surface area (Å²) in [6.07, 6.45) is -7.54. The van der Waals surface area contributed by atoms with E-state index in [1.807, 2.05) is 19.9 Å². The van der Waals surface area contributed by atoms with Gasteiger partial charge in [0.25, 0.3) is 0 Å². The second-order valence-electron chi connectivity index (χ2n) is 8.55. The van der Waals surface area contributed by atoms with Crippen LogP contribution in [0.2, 0.25) is 0 Å². The maximum atomic E-state index is 10.3. The van der Waals surface area contributed by atoms with Crippen LogP contribution in [0, 0.1) is 0 Å². The summed E-state index contributed by atoms with van der Waals surface area (Å²) in [7, 11) is 0. The van der Waals surface area contributed by atoms with Crippen molar-refractivity contribution in [3.63, 3.8) is 0 Å². The van der Waals surface area contributed by atoms with Gasteiger partial charge in [-0.05, 0) is 33.6 Å². The molecule has 10 nitrogen and oxygen atoms in total. The molecular formula is C21H36O10. The van der Waals surface area contributed by atoms with Gasteiger partial charge in [-0.1, -0.05) is 17.7 Å². The van der Waals surface area contributed by atoms with Crippen molar-refractivity contribution >= 4 is 0 Å². The van der Waals surface area contributed by atoms with Crippen molar-refractivity contribution in [2.24, 2.45) is 0 Å². The molecule has 31 heavy (non-hydrogen) atoms. The highest BCUT2D eigenvalue weighted by Crippen LogP contribution is 2.30. The second-order valence-corrected chi connectivity index (χ2v) is 8.55. The standard InChI is InChI=1S/C21H36O10/c1-5-21(4,8-6-7-11(2)3)31-20-18(27)16(25)15(24)13(30-20)10-29-19-17(26)14(23)12(22)9-28-19/h5,7,12-20,22-27H,1,6,8-10H2,2-4H3/t12-,13+,14+,15-,16+,17-,18-,19-,20+,21-/m1/s1. The Kier molecular flexibility index (Phi) is 9.58. The number of ether oxygens (including phenoxy) is 4. The Morgan fingerprint density at radius 1 is 1.00 bits per heavy atom. The van der Waals surface area contributed by atoms with Crippen LogP contribution in [0.25, 0.3) is 0 Å². The summed E-state index contributed by atoms with van der Waals surface area (Å²) in [6, 6.07) is 0. The van der Waals surface area contributed by atoms with Gasteiger partial charge in [0.15, 0.2) is 12.6 Å². The summed E-state index contributed by atoms with van der Waals surface area (Å²) in [5.74, 6) is 0. The van der Waals surface area contributed by atoms with Crippen LogP contribution < -0.4 is 0 Å². The van der Waals surface area contributed by atoms with Crippen LogP contribution in [0.15, 0.2) is 24.3 Å². The average molecular weight is 449 g/mol. The summed E-state index contributed by atoms with van der Waals surface area (Å²) >= 11 is 0. The van der Waals surface area contributed by atoms with Crippen molar-refractivity contribution in [3.05, 3.63) is 24.3 Å². The minimum absolute atomic E-state index is 0.243. The molecule has 0 amide bonds. The first-order valence-corrected chi connectivity index (χ1v) is 10.4. The molecule has 10 atom stereocenters. The average Bonchev–Trinajstić information content (AvgIpc) is 2.72. The molecule has 2 aliphatic heterocycles. The maximum Gasteiger partial charge on any atom is 0.187 e. The van der Waals surface area contributed by atoms with Crippen LogP contribution in [0.1, 0.15) is 33.6 Å². The summed E-state index contributed by atoms with van der Waals surface area (Å²) in [4.78, 5) is 0. The molecule has 0 aliphatic carbocycles. The molecule has 0 unspecified atom stereocenters. The van der Waals surface area contributed by atoms with Crippen molar-refractivity contribution in [1.82, 2.24) is 0 Å². The van der Waals surface area contributed by atoms with Gasteiger partial charge in [-0.25, -0.2) is 0 Å². The molecule has 2 saturated heterocycles. The van der Waals surface area contributed by atoms with E-state index in [1.54, 1.807) is 13.0 Å². The van der Waals surface area contributed by atoms with Gasteiger partial charge in [-0.2, -0.15) is 0 Å². The minimum Gasteiger partial charge on any atom is -0.388 e. The van der Waals surface area contributed by atoms with E-state index in [0.29, 0.717) is 12.8 Å². The lowest BCUT2D eigenvalue weighted by atomic mass is 9.96. The van der Waals surface area contributed by atoms with Gasteiger partial charge >= 0.3 is 0 Å². The summed E-state index contributed by atoms with van der Waals surface area (Å²) < 4.78 is 22.1. The van der Waals surface area contributed by atoms with Crippen LogP contribution >= 0.6 is 0 Å². The van der Waals surface area contributed by atoms with E-state index in [-0.39, 0.29) is 13.2 Å². The first kappa shape index (κ1) is 26.3. The van der Waals surface area contributed by atoms with Gasteiger partial charge < -0.3 is 49.6 Å². The third kappa shape index (κ3) is 6.78. The number of hydrogen-bond acceptors (Lipinski definition) is 10. The number of hydrogen-bond donors (Lipinski definition) is 6. The van der Waals surface area contributed by atoms with E-state index in [4.69, 9.17) is 18.9 Å². The molecule has 0 aromatic carbocycles. The molecule has 0 bridgehead atoms. The monoisotopic (exact) mass is 448 g/mol.